The highest BCUT2D eigenvalue weighted by Crippen LogP contribution is 2.30. The molecule has 3 heterocycles. The monoisotopic (exact) mass is 503 g/mol. The minimum atomic E-state index is -4.61. The Bertz CT molecular complexity index is 956. The number of anilines is 2. The number of aryl methyl sites for hydroxylation is 1. The van der Waals surface area contributed by atoms with E-state index in [0.717, 1.165) is 41.1 Å². The molecular formula is C21H28F3N5O2S2. The van der Waals surface area contributed by atoms with Crippen LogP contribution in [0.25, 0.3) is 0 Å². The smallest absolute Gasteiger partial charge is 0.416 e. The Hall–Kier alpha value is -2.08. The van der Waals surface area contributed by atoms with Crippen LogP contribution in [-0.4, -0.2) is 64.0 Å². The lowest BCUT2D eigenvalue weighted by atomic mass is 10.2. The van der Waals surface area contributed by atoms with Crippen LogP contribution in [0.3, 0.4) is 0 Å². The van der Waals surface area contributed by atoms with Gasteiger partial charge in [-0.05, 0) is 33.8 Å². The second kappa shape index (κ2) is 10.5. The maximum absolute atomic E-state index is 13.4. The number of aromatic amines is 1. The first-order chi connectivity index (χ1) is 15.4. The summed E-state index contributed by atoms with van der Waals surface area (Å²) >= 11 is 3.25. The predicted molar refractivity (Wildman–Crippen MR) is 126 cm³/mol. The van der Waals surface area contributed by atoms with Crippen molar-refractivity contribution in [3.05, 3.63) is 29.8 Å². The lowest BCUT2D eigenvalue weighted by molar-refractivity contribution is -0.119. The average Bonchev–Trinajstić information content (AvgIpc) is 3.14. The van der Waals surface area contributed by atoms with E-state index < -0.39 is 24.4 Å². The summed E-state index contributed by atoms with van der Waals surface area (Å²) in [6.45, 7) is 6.72. The largest absolute Gasteiger partial charge is 0.443 e. The molecule has 0 spiro atoms. The normalized spacial score (nSPS) is 14.9. The van der Waals surface area contributed by atoms with Gasteiger partial charge in [0.25, 0.3) is 0 Å². The van der Waals surface area contributed by atoms with Crippen LogP contribution >= 0.6 is 23.5 Å². The minimum absolute atomic E-state index is 0.0777. The molecule has 0 aliphatic carbocycles. The topological polar surface area (TPSA) is 74.3 Å². The molecule has 182 valence electrons. The van der Waals surface area contributed by atoms with Gasteiger partial charge in [-0.25, -0.2) is 14.8 Å². The number of alkyl halides is 3. The molecule has 1 saturated heterocycles. The van der Waals surface area contributed by atoms with Gasteiger partial charge < -0.3 is 14.6 Å². The molecule has 0 aromatic carbocycles. The molecule has 3 rings (SSSR count). The van der Waals surface area contributed by atoms with Crippen molar-refractivity contribution in [1.82, 2.24) is 15.0 Å². The van der Waals surface area contributed by atoms with E-state index in [1.165, 1.54) is 11.8 Å². The molecule has 1 fully saturated rings. The van der Waals surface area contributed by atoms with Gasteiger partial charge in [0.2, 0.25) is 0 Å². The average molecular weight is 504 g/mol. The molecule has 12 heteroatoms. The van der Waals surface area contributed by atoms with Gasteiger partial charge in [0.15, 0.2) is 0 Å². The minimum Gasteiger partial charge on any atom is -0.443 e. The van der Waals surface area contributed by atoms with E-state index in [2.05, 4.69) is 19.9 Å². The molecule has 2 aromatic heterocycles. The lowest BCUT2D eigenvalue weighted by Crippen LogP contribution is -2.43. The first-order valence-electron chi connectivity index (χ1n) is 10.5. The van der Waals surface area contributed by atoms with Gasteiger partial charge in [-0.3, -0.25) is 4.90 Å². The van der Waals surface area contributed by atoms with E-state index in [9.17, 15) is 18.0 Å². The van der Waals surface area contributed by atoms with E-state index in [1.54, 1.807) is 33.0 Å². The van der Waals surface area contributed by atoms with Crippen LogP contribution in [0.2, 0.25) is 0 Å². The van der Waals surface area contributed by atoms with E-state index >= 15 is 0 Å². The summed E-state index contributed by atoms with van der Waals surface area (Å²) in [5.41, 5.74) is 0.353. The lowest BCUT2D eigenvalue weighted by Gasteiger charge is -2.31. The zero-order valence-electron chi connectivity index (χ0n) is 19.0. The number of hydrogen-bond donors (Lipinski definition) is 1. The summed E-state index contributed by atoms with van der Waals surface area (Å²) in [6, 6.07) is 3.41. The molecule has 0 unspecified atom stereocenters. The van der Waals surface area contributed by atoms with Gasteiger partial charge >= 0.3 is 12.3 Å². The third kappa shape index (κ3) is 8.02. The van der Waals surface area contributed by atoms with Crippen molar-refractivity contribution in [2.24, 2.45) is 0 Å². The summed E-state index contributed by atoms with van der Waals surface area (Å²) in [4.78, 5) is 27.2. The van der Waals surface area contributed by atoms with E-state index in [-0.39, 0.29) is 5.82 Å². The number of pyridine rings is 1. The summed E-state index contributed by atoms with van der Waals surface area (Å²) < 4.78 is 45.5. The van der Waals surface area contributed by atoms with Crippen LogP contribution in [0.4, 0.5) is 29.5 Å². The molecule has 0 atom stereocenters. The summed E-state index contributed by atoms with van der Waals surface area (Å²) in [7, 11) is 0. The molecule has 0 radical (unpaired) electrons. The number of ether oxygens (including phenoxy) is 1. The predicted octanol–water partition coefficient (Wildman–Crippen LogP) is 5.26. The number of imidazole rings is 1. The third-order valence-corrected chi connectivity index (χ3v) is 6.39. The zero-order valence-corrected chi connectivity index (χ0v) is 20.7. The van der Waals surface area contributed by atoms with Gasteiger partial charge in [-0.15, -0.1) is 0 Å². The SMILES string of the molecule is Cc1nc(SCc2cc(N3CCSCC3)cc(N(CC(F)(F)F)C(=O)OC(C)(C)C)n2)c[nH]1. The van der Waals surface area contributed by atoms with Crippen molar-refractivity contribution >= 4 is 41.1 Å². The molecule has 0 bridgehead atoms. The molecule has 7 nitrogen and oxygen atoms in total. The van der Waals surface area contributed by atoms with Gasteiger partial charge in [0, 0.05) is 48.3 Å². The Kier molecular flexibility index (Phi) is 8.09. The fraction of sp³-hybridized carbons (Fsp3) is 0.571. The third-order valence-electron chi connectivity index (χ3n) is 4.50. The van der Waals surface area contributed by atoms with Crippen LogP contribution in [0.1, 0.15) is 32.3 Å². The standard InChI is InChI=1S/C21H28F3N5O2S2/c1-14-25-11-18(26-14)33-12-15-9-16(28-5-7-32-8-6-28)10-17(27-15)29(13-21(22,23)24)19(30)31-20(2,3)4/h9-11H,5-8,12-13H2,1-4H3,(H,25,26). The molecular weight excluding hydrogens is 475 g/mol. The number of H-pyrrole nitrogens is 1. The van der Waals surface area contributed by atoms with Gasteiger partial charge in [-0.2, -0.15) is 24.9 Å². The molecule has 1 aliphatic rings. The molecule has 2 aromatic rings. The maximum Gasteiger partial charge on any atom is 0.416 e. The number of thioether (sulfide) groups is 2. The highest BCUT2D eigenvalue weighted by atomic mass is 32.2. The van der Waals surface area contributed by atoms with Crippen molar-refractivity contribution in [3.63, 3.8) is 0 Å². The number of hydrogen-bond acceptors (Lipinski definition) is 7. The number of halogens is 3. The Morgan fingerprint density at radius 3 is 2.52 bits per heavy atom. The molecule has 1 aliphatic heterocycles. The number of nitrogens with zero attached hydrogens (tertiary/aromatic N) is 4. The number of aromatic nitrogens is 3. The van der Waals surface area contributed by atoms with Crippen LogP contribution < -0.4 is 9.80 Å². The second-order valence-corrected chi connectivity index (χ2v) is 10.8. The van der Waals surface area contributed by atoms with Gasteiger partial charge in [0.1, 0.15) is 28.8 Å². The van der Waals surface area contributed by atoms with Crippen molar-refractivity contribution in [2.75, 3.05) is 40.9 Å². The molecule has 33 heavy (non-hydrogen) atoms. The van der Waals surface area contributed by atoms with Crippen molar-refractivity contribution in [3.8, 4) is 0 Å². The van der Waals surface area contributed by atoms with Crippen LogP contribution in [0.5, 0.6) is 0 Å². The van der Waals surface area contributed by atoms with E-state index in [0.29, 0.717) is 16.3 Å². The highest BCUT2D eigenvalue weighted by Gasteiger charge is 2.37. The summed E-state index contributed by atoms with van der Waals surface area (Å²) in [5, 5.41) is 0.759. The maximum atomic E-state index is 13.4. The number of amides is 1. The van der Waals surface area contributed by atoms with Crippen LogP contribution in [-0.2, 0) is 10.5 Å². The number of nitrogens with one attached hydrogen (secondary N) is 1. The second-order valence-electron chi connectivity index (χ2n) is 8.57. The van der Waals surface area contributed by atoms with Crippen molar-refractivity contribution < 1.29 is 22.7 Å². The summed E-state index contributed by atoms with van der Waals surface area (Å²) in [6.07, 6.45) is -3.93. The van der Waals surface area contributed by atoms with E-state index in [1.807, 2.05) is 24.8 Å². The number of rotatable bonds is 6. The Balaban J connectivity index is 1.96. The quantitative estimate of drug-likeness (QED) is 0.539. The van der Waals surface area contributed by atoms with Gasteiger partial charge in [-0.1, -0.05) is 11.8 Å². The zero-order chi connectivity index (χ0) is 24.2. The number of carbonyl (C=O) groups is 1. The molecule has 0 saturated carbocycles. The highest BCUT2D eigenvalue weighted by molar-refractivity contribution is 7.99. The van der Waals surface area contributed by atoms with Crippen molar-refractivity contribution in [2.45, 2.75) is 50.3 Å². The van der Waals surface area contributed by atoms with E-state index in [4.69, 9.17) is 4.74 Å². The Morgan fingerprint density at radius 2 is 1.94 bits per heavy atom. The van der Waals surface area contributed by atoms with Crippen molar-refractivity contribution in [1.29, 1.82) is 0 Å². The number of carbonyl (C=O) groups excluding carboxylic acids is 1. The van der Waals surface area contributed by atoms with Crippen LogP contribution in [0.15, 0.2) is 23.4 Å². The molecule has 1 amide bonds. The Labute approximate surface area is 199 Å². The molecule has 1 N–H and O–H groups in total. The summed E-state index contributed by atoms with van der Waals surface area (Å²) in [5.74, 6) is 2.93. The van der Waals surface area contributed by atoms with Gasteiger partial charge in [0.05, 0.1) is 5.69 Å². The Morgan fingerprint density at radius 1 is 1.24 bits per heavy atom. The fourth-order valence-electron chi connectivity index (χ4n) is 3.13. The van der Waals surface area contributed by atoms with Crippen LogP contribution in [0, 0.1) is 6.92 Å². The first-order valence-corrected chi connectivity index (χ1v) is 12.6. The first kappa shape index (κ1) is 25.5. The fourth-order valence-corrected chi connectivity index (χ4v) is 4.82.